The van der Waals surface area contributed by atoms with Gasteiger partial charge in [0.05, 0.1) is 4.47 Å². The van der Waals surface area contributed by atoms with Crippen LogP contribution in [0.4, 0.5) is 4.39 Å². The third-order valence-electron chi connectivity index (χ3n) is 2.70. The number of halogens is 3. The molecule has 0 fully saturated rings. The predicted molar refractivity (Wildman–Crippen MR) is 74.3 cm³/mol. The first-order chi connectivity index (χ1) is 9.04. The summed E-state index contributed by atoms with van der Waals surface area (Å²) < 4.78 is 25.1. The molecule has 0 saturated carbocycles. The van der Waals surface area contributed by atoms with Crippen LogP contribution in [0.15, 0.2) is 48.3 Å². The number of fused-ring (bicyclic) bond motifs is 1. The smallest absolute Gasteiger partial charge is 0.183 e. The molecular weight excluding hydrogens is 383 g/mol. The Morgan fingerprint density at radius 3 is 2.47 bits per heavy atom. The third kappa shape index (κ3) is 2.35. The average molecular weight is 390 g/mol. The number of hydrogen-bond acceptors (Lipinski definition) is 3. The fourth-order valence-electron chi connectivity index (χ4n) is 1.81. The van der Waals surface area contributed by atoms with Crippen molar-refractivity contribution in [2.75, 3.05) is 0 Å². The Morgan fingerprint density at radius 1 is 1.05 bits per heavy atom. The zero-order chi connectivity index (χ0) is 13.6. The number of benzene rings is 1. The van der Waals surface area contributed by atoms with Crippen LogP contribution in [-0.2, 0) is 0 Å². The number of rotatable bonds is 2. The lowest BCUT2D eigenvalue weighted by molar-refractivity contribution is 0.163. The van der Waals surface area contributed by atoms with Gasteiger partial charge < -0.3 is 13.9 Å². The van der Waals surface area contributed by atoms with Gasteiger partial charge in [0.15, 0.2) is 10.8 Å². The first-order valence-electron chi connectivity index (χ1n) is 5.36. The second-order valence-corrected chi connectivity index (χ2v) is 5.58. The van der Waals surface area contributed by atoms with Crippen LogP contribution < -0.4 is 0 Å². The maximum absolute atomic E-state index is 13.1. The van der Waals surface area contributed by atoms with Gasteiger partial charge in [-0.2, -0.15) is 0 Å². The summed E-state index contributed by atoms with van der Waals surface area (Å²) in [5, 5.41) is 10.8. The van der Waals surface area contributed by atoms with E-state index >= 15 is 0 Å². The van der Waals surface area contributed by atoms with Crippen LogP contribution in [0.25, 0.3) is 11.0 Å². The van der Waals surface area contributed by atoms with Gasteiger partial charge in [-0.25, -0.2) is 4.39 Å². The lowest BCUT2D eigenvalue weighted by Gasteiger charge is -2.02. The van der Waals surface area contributed by atoms with Gasteiger partial charge in [0.25, 0.3) is 0 Å². The second-order valence-electron chi connectivity index (χ2n) is 4.00. The van der Waals surface area contributed by atoms with Crippen molar-refractivity contribution in [2.24, 2.45) is 0 Å². The summed E-state index contributed by atoms with van der Waals surface area (Å²) in [6.07, 6.45) is -1.04. The largest absolute Gasteiger partial charge is 0.458 e. The van der Waals surface area contributed by atoms with Crippen molar-refractivity contribution < 1.29 is 18.3 Å². The predicted octanol–water partition coefficient (Wildman–Crippen LogP) is 4.77. The molecule has 0 aliphatic carbocycles. The Hall–Kier alpha value is -1.11. The fourth-order valence-corrected chi connectivity index (χ4v) is 2.42. The Morgan fingerprint density at radius 2 is 1.79 bits per heavy atom. The zero-order valence-corrected chi connectivity index (χ0v) is 12.5. The molecule has 2 aromatic heterocycles. The molecule has 0 aliphatic heterocycles. The minimum absolute atomic E-state index is 0.300. The van der Waals surface area contributed by atoms with E-state index in [1.165, 1.54) is 18.2 Å². The van der Waals surface area contributed by atoms with Crippen LogP contribution in [0.5, 0.6) is 0 Å². The van der Waals surface area contributed by atoms with Gasteiger partial charge >= 0.3 is 0 Å². The minimum atomic E-state index is -1.04. The molecule has 3 aromatic rings. The number of furan rings is 2. The summed E-state index contributed by atoms with van der Waals surface area (Å²) in [4.78, 5) is 0. The van der Waals surface area contributed by atoms with E-state index < -0.39 is 6.10 Å². The van der Waals surface area contributed by atoms with Gasteiger partial charge in [-0.05, 0) is 62.2 Å². The Labute approximate surface area is 124 Å². The molecule has 1 N–H and O–H groups in total. The molecule has 98 valence electrons. The van der Waals surface area contributed by atoms with E-state index in [-0.39, 0.29) is 5.82 Å². The van der Waals surface area contributed by atoms with Gasteiger partial charge in [0, 0.05) is 5.39 Å². The standard InChI is InChI=1S/C13H7Br2FO3/c14-8-5-11(19-13(8)15)12(17)10-4-6-3-7(16)1-2-9(6)18-10/h1-5,12,17H. The molecule has 0 bridgehead atoms. The highest BCUT2D eigenvalue weighted by Crippen LogP contribution is 2.34. The SMILES string of the molecule is OC(c1cc(Br)c(Br)o1)c1cc2cc(F)ccc2o1. The molecular formula is C13H7Br2FO3. The number of aliphatic hydroxyl groups excluding tert-OH is 1. The molecule has 3 nitrogen and oxygen atoms in total. The molecule has 1 unspecified atom stereocenters. The monoisotopic (exact) mass is 388 g/mol. The summed E-state index contributed by atoms with van der Waals surface area (Å²) in [6, 6.07) is 7.41. The molecule has 0 aliphatic rings. The van der Waals surface area contributed by atoms with Crippen molar-refractivity contribution in [1.82, 2.24) is 0 Å². The molecule has 0 amide bonds. The van der Waals surface area contributed by atoms with Crippen molar-refractivity contribution in [3.8, 4) is 0 Å². The van der Waals surface area contributed by atoms with Crippen LogP contribution in [-0.4, -0.2) is 5.11 Å². The van der Waals surface area contributed by atoms with Gasteiger partial charge in [0.1, 0.15) is 22.9 Å². The Kier molecular flexibility index (Phi) is 3.24. The minimum Gasteiger partial charge on any atom is -0.458 e. The van der Waals surface area contributed by atoms with Gasteiger partial charge in [0.2, 0.25) is 0 Å². The second kappa shape index (κ2) is 4.77. The van der Waals surface area contributed by atoms with E-state index in [9.17, 15) is 9.50 Å². The summed E-state index contributed by atoms with van der Waals surface area (Å²) in [5.74, 6) is 0.283. The maximum Gasteiger partial charge on any atom is 0.183 e. The maximum atomic E-state index is 13.1. The van der Waals surface area contributed by atoms with E-state index in [0.29, 0.717) is 31.6 Å². The van der Waals surface area contributed by atoms with Crippen LogP contribution >= 0.6 is 31.9 Å². The number of hydrogen-bond donors (Lipinski definition) is 1. The molecule has 0 spiro atoms. The van der Waals surface area contributed by atoms with Gasteiger partial charge in [-0.15, -0.1) is 0 Å². The summed E-state index contributed by atoms with van der Waals surface area (Å²) in [5.41, 5.74) is 0.514. The van der Waals surface area contributed by atoms with E-state index in [0.717, 1.165) is 0 Å². The van der Waals surface area contributed by atoms with Crippen molar-refractivity contribution in [2.45, 2.75) is 6.10 Å². The average Bonchev–Trinajstić information content (AvgIpc) is 2.92. The van der Waals surface area contributed by atoms with Crippen molar-refractivity contribution in [3.63, 3.8) is 0 Å². The Bertz CT molecular complexity index is 728. The first-order valence-corrected chi connectivity index (χ1v) is 6.95. The molecule has 3 rings (SSSR count). The van der Waals surface area contributed by atoms with Crippen LogP contribution in [0.1, 0.15) is 17.6 Å². The highest BCUT2D eigenvalue weighted by molar-refractivity contribution is 9.13. The molecule has 0 saturated heterocycles. The van der Waals surface area contributed by atoms with Crippen LogP contribution in [0.3, 0.4) is 0 Å². The van der Waals surface area contributed by atoms with E-state index in [2.05, 4.69) is 31.9 Å². The number of aliphatic hydroxyl groups is 1. The van der Waals surface area contributed by atoms with E-state index in [1.807, 2.05) is 0 Å². The lowest BCUT2D eigenvalue weighted by atomic mass is 10.2. The normalized spacial score (nSPS) is 13.1. The molecule has 1 aromatic carbocycles. The van der Waals surface area contributed by atoms with Gasteiger partial charge in [-0.3, -0.25) is 0 Å². The van der Waals surface area contributed by atoms with Crippen molar-refractivity contribution >= 4 is 42.8 Å². The Balaban J connectivity index is 2.03. The quantitative estimate of drug-likeness (QED) is 0.686. The van der Waals surface area contributed by atoms with Crippen molar-refractivity contribution in [1.29, 1.82) is 0 Å². The zero-order valence-electron chi connectivity index (χ0n) is 9.36. The van der Waals surface area contributed by atoms with Crippen LogP contribution in [0, 0.1) is 5.82 Å². The summed E-state index contributed by atoms with van der Waals surface area (Å²) in [6.45, 7) is 0. The molecule has 6 heteroatoms. The lowest BCUT2D eigenvalue weighted by Crippen LogP contribution is -1.95. The highest BCUT2D eigenvalue weighted by atomic mass is 79.9. The van der Waals surface area contributed by atoms with Gasteiger partial charge in [-0.1, -0.05) is 0 Å². The first kappa shape index (κ1) is 12.9. The fraction of sp³-hybridized carbons (Fsp3) is 0.0769. The third-order valence-corrected chi connectivity index (χ3v) is 4.41. The van der Waals surface area contributed by atoms with E-state index in [1.54, 1.807) is 12.1 Å². The van der Waals surface area contributed by atoms with E-state index in [4.69, 9.17) is 8.83 Å². The molecule has 19 heavy (non-hydrogen) atoms. The van der Waals surface area contributed by atoms with Crippen LogP contribution in [0.2, 0.25) is 0 Å². The molecule has 1 atom stereocenters. The molecule has 0 radical (unpaired) electrons. The summed E-state index contributed by atoms with van der Waals surface area (Å²) in [7, 11) is 0. The summed E-state index contributed by atoms with van der Waals surface area (Å²) >= 11 is 6.47. The topological polar surface area (TPSA) is 46.5 Å². The molecule has 2 heterocycles. The highest BCUT2D eigenvalue weighted by Gasteiger charge is 2.20. The van der Waals surface area contributed by atoms with Crippen molar-refractivity contribution in [3.05, 3.63) is 56.8 Å².